The molecular formula is C5H10N2OS. The molecular weight excluding hydrogens is 136 g/mol. The molecule has 0 amide bonds. The van der Waals surface area contributed by atoms with Crippen molar-refractivity contribution in [3.8, 4) is 0 Å². The second-order valence-corrected chi connectivity index (χ2v) is 1.98. The van der Waals surface area contributed by atoms with Gasteiger partial charge >= 0.3 is 0 Å². The van der Waals surface area contributed by atoms with Crippen LogP contribution in [0.15, 0.2) is 11.8 Å². The number of thiol groups is 1. The Morgan fingerprint density at radius 2 is 2.44 bits per heavy atom. The van der Waals surface area contributed by atoms with Crippen LogP contribution in [0.5, 0.6) is 0 Å². The molecule has 4 heteroatoms. The number of allylic oxidation sites excluding steroid dienone is 1. The molecule has 0 aromatic carbocycles. The van der Waals surface area contributed by atoms with E-state index in [-0.39, 0.29) is 5.78 Å². The third-order valence-corrected chi connectivity index (χ3v) is 0.830. The lowest BCUT2D eigenvalue weighted by Gasteiger charge is -1.94. The molecule has 0 atom stereocenters. The van der Waals surface area contributed by atoms with E-state index in [1.807, 2.05) is 0 Å². The molecule has 0 fully saturated rings. The third-order valence-electron chi connectivity index (χ3n) is 0.672. The fourth-order valence-electron chi connectivity index (χ4n) is 0.403. The zero-order valence-corrected chi connectivity index (χ0v) is 6.11. The SMILES string of the molecule is CC(=O)C=C(N)CNS. The minimum Gasteiger partial charge on any atom is -0.401 e. The molecule has 0 aromatic rings. The zero-order chi connectivity index (χ0) is 7.28. The fourth-order valence-corrected chi connectivity index (χ4v) is 0.586. The van der Waals surface area contributed by atoms with Gasteiger partial charge < -0.3 is 5.73 Å². The molecule has 0 unspecified atom stereocenters. The molecule has 0 saturated heterocycles. The van der Waals surface area contributed by atoms with Crippen molar-refractivity contribution in [1.82, 2.24) is 4.72 Å². The highest BCUT2D eigenvalue weighted by molar-refractivity contribution is 7.78. The summed E-state index contributed by atoms with van der Waals surface area (Å²) in [5.41, 5.74) is 5.81. The van der Waals surface area contributed by atoms with Gasteiger partial charge in [0.05, 0.1) is 0 Å². The largest absolute Gasteiger partial charge is 0.401 e. The Labute approximate surface area is 59.9 Å². The minimum absolute atomic E-state index is 0.0453. The summed E-state index contributed by atoms with van der Waals surface area (Å²) in [6.07, 6.45) is 1.36. The zero-order valence-electron chi connectivity index (χ0n) is 5.22. The lowest BCUT2D eigenvalue weighted by atomic mass is 10.3. The summed E-state index contributed by atoms with van der Waals surface area (Å²) in [6, 6.07) is 0. The summed E-state index contributed by atoms with van der Waals surface area (Å²) in [4.78, 5) is 10.3. The first-order valence-electron chi connectivity index (χ1n) is 2.50. The van der Waals surface area contributed by atoms with Crippen LogP contribution in [0.4, 0.5) is 0 Å². The van der Waals surface area contributed by atoms with Gasteiger partial charge in [-0.2, -0.15) is 0 Å². The van der Waals surface area contributed by atoms with Gasteiger partial charge in [-0.05, 0) is 6.92 Å². The van der Waals surface area contributed by atoms with Crippen LogP contribution in [0, 0.1) is 0 Å². The lowest BCUT2D eigenvalue weighted by Crippen LogP contribution is -2.13. The van der Waals surface area contributed by atoms with E-state index in [4.69, 9.17) is 5.73 Å². The topological polar surface area (TPSA) is 55.1 Å². The first-order chi connectivity index (χ1) is 4.16. The summed E-state index contributed by atoms with van der Waals surface area (Å²) in [5.74, 6) is -0.0453. The smallest absolute Gasteiger partial charge is 0.154 e. The summed E-state index contributed by atoms with van der Waals surface area (Å²) in [7, 11) is 0. The molecule has 0 rings (SSSR count). The molecule has 0 bridgehead atoms. The fraction of sp³-hybridized carbons (Fsp3) is 0.400. The molecule has 3 nitrogen and oxygen atoms in total. The van der Waals surface area contributed by atoms with Crippen molar-refractivity contribution >= 4 is 18.6 Å². The second-order valence-electron chi connectivity index (χ2n) is 1.66. The van der Waals surface area contributed by atoms with E-state index in [0.29, 0.717) is 12.2 Å². The van der Waals surface area contributed by atoms with Gasteiger partial charge in [0.1, 0.15) is 0 Å². The Balaban J connectivity index is 3.69. The second kappa shape index (κ2) is 4.40. The number of carbonyl (C=O) groups excluding carboxylic acids is 1. The van der Waals surface area contributed by atoms with E-state index in [2.05, 4.69) is 17.5 Å². The molecule has 0 aliphatic carbocycles. The standard InChI is InChI=1S/C5H10N2OS/c1-4(8)2-5(6)3-7-9/h2,7,9H,3,6H2,1H3. The summed E-state index contributed by atoms with van der Waals surface area (Å²) in [6.45, 7) is 1.88. The first-order valence-corrected chi connectivity index (χ1v) is 2.95. The maximum atomic E-state index is 10.3. The Hall–Kier alpha value is -0.480. The van der Waals surface area contributed by atoms with Crippen LogP contribution < -0.4 is 10.5 Å². The molecule has 0 radical (unpaired) electrons. The van der Waals surface area contributed by atoms with Crippen LogP contribution in [0.3, 0.4) is 0 Å². The number of carbonyl (C=O) groups is 1. The van der Waals surface area contributed by atoms with E-state index < -0.39 is 0 Å². The summed E-state index contributed by atoms with van der Waals surface area (Å²) in [5, 5.41) is 0. The average molecular weight is 146 g/mol. The normalized spacial score (nSPS) is 11.6. The van der Waals surface area contributed by atoms with Gasteiger partial charge in [0, 0.05) is 18.3 Å². The first kappa shape index (κ1) is 8.52. The van der Waals surface area contributed by atoms with Gasteiger partial charge in [0.2, 0.25) is 0 Å². The van der Waals surface area contributed by atoms with Gasteiger partial charge in [0.25, 0.3) is 0 Å². The Morgan fingerprint density at radius 3 is 2.78 bits per heavy atom. The van der Waals surface area contributed by atoms with E-state index >= 15 is 0 Å². The molecule has 52 valence electrons. The van der Waals surface area contributed by atoms with Gasteiger partial charge in [-0.3, -0.25) is 9.52 Å². The van der Waals surface area contributed by atoms with Crippen LogP contribution in [0.1, 0.15) is 6.92 Å². The maximum Gasteiger partial charge on any atom is 0.154 e. The molecule has 9 heavy (non-hydrogen) atoms. The van der Waals surface area contributed by atoms with Gasteiger partial charge in [0.15, 0.2) is 5.78 Å². The molecule has 0 aliphatic rings. The van der Waals surface area contributed by atoms with Crippen molar-refractivity contribution in [2.24, 2.45) is 5.73 Å². The van der Waals surface area contributed by atoms with Crippen molar-refractivity contribution in [1.29, 1.82) is 0 Å². The van der Waals surface area contributed by atoms with Gasteiger partial charge in [-0.25, -0.2) is 0 Å². The van der Waals surface area contributed by atoms with Crippen LogP contribution in [-0.2, 0) is 4.79 Å². The van der Waals surface area contributed by atoms with Crippen molar-refractivity contribution < 1.29 is 4.79 Å². The Bertz CT molecular complexity index is 133. The van der Waals surface area contributed by atoms with E-state index in [1.165, 1.54) is 13.0 Å². The highest BCUT2D eigenvalue weighted by atomic mass is 32.1. The number of rotatable bonds is 3. The van der Waals surface area contributed by atoms with Crippen LogP contribution >= 0.6 is 12.8 Å². The highest BCUT2D eigenvalue weighted by Gasteiger charge is 1.88. The van der Waals surface area contributed by atoms with Crippen LogP contribution in [0.2, 0.25) is 0 Å². The molecule has 0 spiro atoms. The lowest BCUT2D eigenvalue weighted by molar-refractivity contribution is -0.112. The molecule has 0 saturated carbocycles. The van der Waals surface area contributed by atoms with Crippen molar-refractivity contribution in [3.63, 3.8) is 0 Å². The van der Waals surface area contributed by atoms with E-state index in [9.17, 15) is 4.79 Å². The number of hydrogen-bond donors (Lipinski definition) is 3. The van der Waals surface area contributed by atoms with E-state index in [0.717, 1.165) is 0 Å². The Morgan fingerprint density at radius 1 is 1.89 bits per heavy atom. The number of hydrogen-bond acceptors (Lipinski definition) is 4. The van der Waals surface area contributed by atoms with E-state index in [1.54, 1.807) is 0 Å². The van der Waals surface area contributed by atoms with Crippen LogP contribution in [-0.4, -0.2) is 12.3 Å². The van der Waals surface area contributed by atoms with Gasteiger partial charge in [-0.15, -0.1) is 0 Å². The van der Waals surface area contributed by atoms with Crippen molar-refractivity contribution in [3.05, 3.63) is 11.8 Å². The summed E-state index contributed by atoms with van der Waals surface area (Å²) >= 11 is 3.70. The molecule has 0 aliphatic heterocycles. The number of ketones is 1. The van der Waals surface area contributed by atoms with Gasteiger partial charge in [-0.1, -0.05) is 12.8 Å². The predicted molar refractivity (Wildman–Crippen MR) is 39.9 cm³/mol. The number of nitrogens with two attached hydrogens (primary N) is 1. The predicted octanol–water partition coefficient (Wildman–Crippen LogP) is -0.148. The molecule has 0 heterocycles. The van der Waals surface area contributed by atoms with Crippen molar-refractivity contribution in [2.45, 2.75) is 6.92 Å². The van der Waals surface area contributed by atoms with Crippen molar-refractivity contribution in [2.75, 3.05) is 6.54 Å². The highest BCUT2D eigenvalue weighted by Crippen LogP contribution is 1.81. The molecule has 0 aromatic heterocycles. The summed E-state index contributed by atoms with van der Waals surface area (Å²) < 4.78 is 2.52. The monoisotopic (exact) mass is 146 g/mol. The third kappa shape index (κ3) is 5.39. The Kier molecular flexibility index (Phi) is 4.17. The maximum absolute atomic E-state index is 10.3. The van der Waals surface area contributed by atoms with Crippen LogP contribution in [0.25, 0.3) is 0 Å². The molecule has 3 N–H and O–H groups in total. The quantitative estimate of drug-likeness (QED) is 0.383. The average Bonchev–Trinajstić information content (AvgIpc) is 1.63. The minimum atomic E-state index is -0.0453. The number of nitrogens with one attached hydrogen (secondary N) is 1.